The molecule has 25 heavy (non-hydrogen) atoms. The molecule has 1 spiro atoms. The van der Waals surface area contributed by atoms with Crippen molar-refractivity contribution in [3.8, 4) is 0 Å². The minimum Gasteiger partial charge on any atom is -0.367 e. The summed E-state index contributed by atoms with van der Waals surface area (Å²) >= 11 is 0. The quantitative estimate of drug-likeness (QED) is 0.847. The topological polar surface area (TPSA) is 50.9 Å². The number of alkyl halides is 3. The van der Waals surface area contributed by atoms with Gasteiger partial charge in [-0.1, -0.05) is 24.3 Å². The molecule has 1 amide bonds. The van der Waals surface area contributed by atoms with Crippen LogP contribution in [-0.2, 0) is 19.9 Å². The van der Waals surface area contributed by atoms with Crippen LogP contribution >= 0.6 is 0 Å². The van der Waals surface area contributed by atoms with Crippen molar-refractivity contribution < 1.29 is 27.4 Å². The molecular weight excluding hydrogens is 335 g/mol. The Balaban J connectivity index is 1.59. The van der Waals surface area contributed by atoms with Gasteiger partial charge in [0.1, 0.15) is 5.60 Å². The smallest absolute Gasteiger partial charge is 0.367 e. The first kappa shape index (κ1) is 16.8. The van der Waals surface area contributed by atoms with Crippen LogP contribution in [0.5, 0.6) is 0 Å². The van der Waals surface area contributed by atoms with Gasteiger partial charge < -0.3 is 14.8 Å². The molecule has 3 aliphatic rings. The highest BCUT2D eigenvalue weighted by Gasteiger charge is 2.66. The van der Waals surface area contributed by atoms with Gasteiger partial charge >= 0.3 is 6.18 Å². The molecule has 1 aromatic carbocycles. The number of carbonyl (C=O) groups is 1. The third-order valence-electron chi connectivity index (χ3n) is 5.91. The van der Waals surface area contributed by atoms with Crippen LogP contribution in [0.2, 0.25) is 0 Å². The fourth-order valence-electron chi connectivity index (χ4n) is 4.54. The van der Waals surface area contributed by atoms with Crippen LogP contribution in [0, 0.1) is 5.41 Å². The summed E-state index contributed by atoms with van der Waals surface area (Å²) in [6.07, 6.45) is -3.33. The Morgan fingerprint density at radius 3 is 2.56 bits per heavy atom. The largest absolute Gasteiger partial charge is 0.418 e. The average molecular weight is 355 g/mol. The van der Waals surface area contributed by atoms with Crippen molar-refractivity contribution in [2.45, 2.75) is 49.7 Å². The van der Waals surface area contributed by atoms with E-state index in [1.54, 1.807) is 12.1 Å². The van der Waals surface area contributed by atoms with Crippen molar-refractivity contribution in [3.63, 3.8) is 0 Å². The molecule has 0 radical (unpaired) electrons. The van der Waals surface area contributed by atoms with Gasteiger partial charge in [0.05, 0.1) is 11.5 Å². The van der Waals surface area contributed by atoms with Gasteiger partial charge in [0.25, 0.3) is 0 Å². The van der Waals surface area contributed by atoms with Gasteiger partial charge in [0, 0.05) is 13.7 Å². The Kier molecular flexibility index (Phi) is 3.67. The lowest BCUT2D eigenvalue weighted by Gasteiger charge is -2.33. The summed E-state index contributed by atoms with van der Waals surface area (Å²) in [7, 11) is 1.05. The maximum atomic E-state index is 13.0. The standard InChI is InChI=1S/C18H20F3NO3/c1-24-14(18(19,20)21)11-2-4-12(5-3-11)17-10-16(7-6-13(17)25-17)8-9-22-15(16)23/h2-5,13-14H,6-10H2,1H3,(H,22,23)/t13?,14-,16?,17?/m1/s1. The number of hydrogen-bond acceptors (Lipinski definition) is 3. The SMILES string of the molecule is CO[C@H](c1ccc(C23CC4(CCNC4=O)CCC2O3)cc1)C(F)(F)F. The average Bonchev–Trinajstić information content (AvgIpc) is 3.19. The fraction of sp³-hybridized carbons (Fsp3) is 0.611. The number of halogens is 3. The summed E-state index contributed by atoms with van der Waals surface area (Å²) in [5.41, 5.74) is -0.0140. The van der Waals surface area contributed by atoms with Crippen LogP contribution in [-0.4, -0.2) is 31.8 Å². The molecule has 136 valence electrons. The first-order chi connectivity index (χ1) is 11.8. The number of fused-ring (bicyclic) bond motifs is 1. The maximum Gasteiger partial charge on any atom is 0.418 e. The van der Waals surface area contributed by atoms with E-state index in [0.29, 0.717) is 13.0 Å². The molecule has 4 rings (SSSR count). The molecule has 4 atom stereocenters. The lowest BCUT2D eigenvalue weighted by Crippen LogP contribution is -2.39. The van der Waals surface area contributed by atoms with Crippen LogP contribution in [0.25, 0.3) is 0 Å². The zero-order chi connectivity index (χ0) is 17.9. The lowest BCUT2D eigenvalue weighted by atomic mass is 9.67. The van der Waals surface area contributed by atoms with Crippen LogP contribution in [0.15, 0.2) is 24.3 Å². The Labute approximate surface area is 143 Å². The van der Waals surface area contributed by atoms with Gasteiger partial charge in [-0.05, 0) is 36.8 Å². The maximum absolute atomic E-state index is 13.0. The predicted octanol–water partition coefficient (Wildman–Crippen LogP) is 3.22. The monoisotopic (exact) mass is 355 g/mol. The minimum absolute atomic E-state index is 0.0539. The third-order valence-corrected chi connectivity index (χ3v) is 5.91. The second kappa shape index (κ2) is 5.45. The molecule has 3 fully saturated rings. The number of epoxide rings is 1. The molecule has 0 aromatic heterocycles. The molecule has 2 aliphatic heterocycles. The summed E-state index contributed by atoms with van der Waals surface area (Å²) in [5.74, 6) is 0.0777. The highest BCUT2D eigenvalue weighted by atomic mass is 19.4. The molecule has 0 bridgehead atoms. The summed E-state index contributed by atoms with van der Waals surface area (Å²) in [4.78, 5) is 12.3. The van der Waals surface area contributed by atoms with Crippen molar-refractivity contribution >= 4 is 5.91 Å². The zero-order valence-corrected chi connectivity index (χ0v) is 13.9. The zero-order valence-electron chi connectivity index (χ0n) is 13.9. The van der Waals surface area contributed by atoms with Gasteiger partial charge in [0.2, 0.25) is 5.91 Å². The van der Waals surface area contributed by atoms with Crippen LogP contribution in [0.4, 0.5) is 13.2 Å². The Morgan fingerprint density at radius 2 is 2.00 bits per heavy atom. The summed E-state index contributed by atoms with van der Waals surface area (Å²) in [6.45, 7) is 0.680. The predicted molar refractivity (Wildman–Crippen MR) is 82.7 cm³/mol. The second-order valence-corrected chi connectivity index (χ2v) is 7.28. The molecule has 2 heterocycles. The van der Waals surface area contributed by atoms with Crippen molar-refractivity contribution in [2.75, 3.05) is 13.7 Å². The molecule has 4 nitrogen and oxygen atoms in total. The number of nitrogens with one attached hydrogen (secondary N) is 1. The lowest BCUT2D eigenvalue weighted by molar-refractivity contribution is -0.215. The summed E-state index contributed by atoms with van der Waals surface area (Å²) < 4.78 is 49.5. The highest BCUT2D eigenvalue weighted by Crippen LogP contribution is 2.62. The number of rotatable bonds is 3. The second-order valence-electron chi connectivity index (χ2n) is 7.28. The van der Waals surface area contributed by atoms with E-state index in [4.69, 9.17) is 4.74 Å². The van der Waals surface area contributed by atoms with E-state index in [1.165, 1.54) is 12.1 Å². The van der Waals surface area contributed by atoms with E-state index in [1.807, 2.05) is 0 Å². The van der Waals surface area contributed by atoms with E-state index in [9.17, 15) is 18.0 Å². The van der Waals surface area contributed by atoms with Crippen LogP contribution < -0.4 is 5.32 Å². The van der Waals surface area contributed by atoms with Crippen molar-refractivity contribution in [1.82, 2.24) is 5.32 Å². The highest BCUT2D eigenvalue weighted by molar-refractivity contribution is 5.85. The first-order valence-electron chi connectivity index (χ1n) is 8.47. The van der Waals surface area contributed by atoms with Gasteiger partial charge in [-0.3, -0.25) is 4.79 Å². The van der Waals surface area contributed by atoms with Gasteiger partial charge in [-0.2, -0.15) is 13.2 Å². The Bertz CT molecular complexity index is 690. The number of ether oxygens (including phenoxy) is 2. The molecule has 1 saturated carbocycles. The molecule has 1 N–H and O–H groups in total. The van der Waals surface area contributed by atoms with Crippen molar-refractivity contribution in [3.05, 3.63) is 35.4 Å². The number of amides is 1. The molecule has 3 unspecified atom stereocenters. The summed E-state index contributed by atoms with van der Waals surface area (Å²) in [5, 5.41) is 2.90. The molecule has 1 aliphatic carbocycles. The van der Waals surface area contributed by atoms with E-state index in [0.717, 1.165) is 31.9 Å². The summed E-state index contributed by atoms with van der Waals surface area (Å²) in [6, 6.07) is 6.25. The van der Waals surface area contributed by atoms with Gasteiger partial charge in [-0.15, -0.1) is 0 Å². The van der Waals surface area contributed by atoms with E-state index in [-0.39, 0.29) is 17.6 Å². The Hall–Kier alpha value is -1.60. The number of carbonyl (C=O) groups excluding carboxylic acids is 1. The third kappa shape index (κ3) is 2.56. The van der Waals surface area contributed by atoms with Crippen LogP contribution in [0.3, 0.4) is 0 Å². The normalized spacial score (nSPS) is 35.4. The number of methoxy groups -OCH3 is 1. The van der Waals surface area contributed by atoms with Crippen molar-refractivity contribution in [2.24, 2.45) is 5.41 Å². The number of benzene rings is 1. The molecular formula is C18H20F3NO3. The van der Waals surface area contributed by atoms with Crippen molar-refractivity contribution in [1.29, 1.82) is 0 Å². The van der Waals surface area contributed by atoms with E-state index in [2.05, 4.69) is 10.1 Å². The Morgan fingerprint density at radius 1 is 1.28 bits per heavy atom. The van der Waals surface area contributed by atoms with Crippen LogP contribution in [0.1, 0.15) is 42.9 Å². The number of hydrogen-bond donors (Lipinski definition) is 1. The fourth-order valence-corrected chi connectivity index (χ4v) is 4.54. The van der Waals surface area contributed by atoms with Gasteiger partial charge in [-0.25, -0.2) is 0 Å². The first-order valence-corrected chi connectivity index (χ1v) is 8.47. The molecule has 1 aromatic rings. The molecule has 7 heteroatoms. The van der Waals surface area contributed by atoms with Gasteiger partial charge in [0.15, 0.2) is 6.10 Å². The van der Waals surface area contributed by atoms with E-state index < -0.39 is 23.3 Å². The molecule has 2 saturated heterocycles. The minimum atomic E-state index is -4.45. The van der Waals surface area contributed by atoms with E-state index >= 15 is 0 Å².